The lowest BCUT2D eigenvalue weighted by atomic mass is 10.1. The van der Waals surface area contributed by atoms with Crippen molar-refractivity contribution in [3.05, 3.63) is 65.2 Å². The van der Waals surface area contributed by atoms with Crippen molar-refractivity contribution < 1.29 is 23.9 Å². The molecule has 6 nitrogen and oxygen atoms in total. The SMILES string of the molecule is COc1cccc(C(=O)COC(=O)c2ccc(CNC(C)=O)cc2)c1. The lowest BCUT2D eigenvalue weighted by Crippen LogP contribution is -2.19. The van der Waals surface area contributed by atoms with Crippen LogP contribution in [0.1, 0.15) is 33.2 Å². The maximum Gasteiger partial charge on any atom is 0.338 e. The Kier molecular flexibility index (Phi) is 6.28. The van der Waals surface area contributed by atoms with Gasteiger partial charge in [0.15, 0.2) is 12.4 Å². The number of nitrogens with one attached hydrogen (secondary N) is 1. The van der Waals surface area contributed by atoms with Gasteiger partial charge in [0.2, 0.25) is 5.91 Å². The summed E-state index contributed by atoms with van der Waals surface area (Å²) >= 11 is 0. The van der Waals surface area contributed by atoms with Gasteiger partial charge in [-0.3, -0.25) is 9.59 Å². The van der Waals surface area contributed by atoms with E-state index < -0.39 is 5.97 Å². The molecule has 0 aromatic heterocycles. The maximum atomic E-state index is 12.1. The molecule has 1 N–H and O–H groups in total. The van der Waals surface area contributed by atoms with E-state index in [1.54, 1.807) is 48.5 Å². The largest absolute Gasteiger partial charge is 0.497 e. The zero-order chi connectivity index (χ0) is 18.2. The number of benzene rings is 2. The van der Waals surface area contributed by atoms with Crippen molar-refractivity contribution in [1.82, 2.24) is 5.32 Å². The molecule has 0 aliphatic rings. The van der Waals surface area contributed by atoms with Gasteiger partial charge in [-0.05, 0) is 29.8 Å². The Labute approximate surface area is 145 Å². The minimum atomic E-state index is -0.581. The van der Waals surface area contributed by atoms with Crippen LogP contribution in [0, 0.1) is 0 Å². The number of ether oxygens (including phenoxy) is 2. The topological polar surface area (TPSA) is 81.7 Å². The monoisotopic (exact) mass is 341 g/mol. The van der Waals surface area contributed by atoms with Crippen LogP contribution in [0.5, 0.6) is 5.75 Å². The maximum absolute atomic E-state index is 12.1. The molecule has 0 saturated carbocycles. The minimum Gasteiger partial charge on any atom is -0.497 e. The Morgan fingerprint density at radius 2 is 1.72 bits per heavy atom. The second-order valence-corrected chi connectivity index (χ2v) is 5.34. The van der Waals surface area contributed by atoms with Gasteiger partial charge in [-0.1, -0.05) is 24.3 Å². The zero-order valence-electron chi connectivity index (χ0n) is 14.1. The average molecular weight is 341 g/mol. The van der Waals surface area contributed by atoms with Gasteiger partial charge in [-0.15, -0.1) is 0 Å². The highest BCUT2D eigenvalue weighted by Gasteiger charge is 2.12. The van der Waals surface area contributed by atoms with Crippen molar-refractivity contribution in [2.45, 2.75) is 13.5 Å². The van der Waals surface area contributed by atoms with E-state index >= 15 is 0 Å². The van der Waals surface area contributed by atoms with Gasteiger partial charge in [0.25, 0.3) is 0 Å². The molecule has 2 aromatic rings. The van der Waals surface area contributed by atoms with Crippen molar-refractivity contribution in [2.75, 3.05) is 13.7 Å². The van der Waals surface area contributed by atoms with Crippen molar-refractivity contribution >= 4 is 17.7 Å². The molecule has 0 fully saturated rings. The third-order valence-corrected chi connectivity index (χ3v) is 3.46. The number of amides is 1. The molecule has 0 aliphatic carbocycles. The first-order valence-electron chi connectivity index (χ1n) is 7.67. The van der Waals surface area contributed by atoms with E-state index in [1.165, 1.54) is 14.0 Å². The smallest absolute Gasteiger partial charge is 0.338 e. The van der Waals surface area contributed by atoms with Crippen molar-refractivity contribution in [3.63, 3.8) is 0 Å². The van der Waals surface area contributed by atoms with Crippen LogP contribution in [0.2, 0.25) is 0 Å². The number of hydrogen-bond donors (Lipinski definition) is 1. The van der Waals surface area contributed by atoms with Crippen LogP contribution in [-0.2, 0) is 16.1 Å². The third kappa shape index (κ3) is 5.46. The van der Waals surface area contributed by atoms with E-state index in [0.717, 1.165) is 5.56 Å². The molecule has 130 valence electrons. The molecular formula is C19H19NO5. The first-order valence-corrected chi connectivity index (χ1v) is 7.67. The summed E-state index contributed by atoms with van der Waals surface area (Å²) < 4.78 is 10.1. The Morgan fingerprint density at radius 1 is 1.00 bits per heavy atom. The molecule has 1 amide bonds. The number of hydrogen-bond acceptors (Lipinski definition) is 5. The van der Waals surface area contributed by atoms with Gasteiger partial charge < -0.3 is 14.8 Å². The summed E-state index contributed by atoms with van der Waals surface area (Å²) in [5.74, 6) is -0.455. The van der Waals surface area contributed by atoms with Gasteiger partial charge in [-0.25, -0.2) is 4.79 Å². The number of ketones is 1. The Balaban J connectivity index is 1.90. The lowest BCUT2D eigenvalue weighted by molar-refractivity contribution is -0.119. The summed E-state index contributed by atoms with van der Waals surface area (Å²) in [5, 5.41) is 2.67. The highest BCUT2D eigenvalue weighted by atomic mass is 16.5. The molecule has 0 heterocycles. The van der Waals surface area contributed by atoms with Crippen molar-refractivity contribution in [3.8, 4) is 5.75 Å². The van der Waals surface area contributed by atoms with E-state index in [9.17, 15) is 14.4 Å². The van der Waals surface area contributed by atoms with Crippen LogP contribution in [0.25, 0.3) is 0 Å². The van der Waals surface area contributed by atoms with Gasteiger partial charge in [-0.2, -0.15) is 0 Å². The number of Topliss-reactive ketones (excluding diaryl/α,β-unsaturated/α-hetero) is 1. The zero-order valence-corrected chi connectivity index (χ0v) is 14.1. The average Bonchev–Trinajstić information content (AvgIpc) is 2.64. The van der Waals surface area contributed by atoms with Crippen LogP contribution in [0.3, 0.4) is 0 Å². The fraction of sp³-hybridized carbons (Fsp3) is 0.211. The predicted octanol–water partition coefficient (Wildman–Crippen LogP) is 2.37. The van der Waals surface area contributed by atoms with Crippen LogP contribution >= 0.6 is 0 Å². The predicted molar refractivity (Wildman–Crippen MR) is 91.6 cm³/mol. The Hall–Kier alpha value is -3.15. The van der Waals surface area contributed by atoms with E-state index in [-0.39, 0.29) is 18.3 Å². The highest BCUT2D eigenvalue weighted by Crippen LogP contribution is 2.13. The third-order valence-electron chi connectivity index (χ3n) is 3.46. The summed E-state index contributed by atoms with van der Waals surface area (Å²) in [6.45, 7) is 1.48. The van der Waals surface area contributed by atoms with Gasteiger partial charge in [0.1, 0.15) is 5.75 Å². The molecule has 0 bridgehead atoms. The molecule has 0 unspecified atom stereocenters. The van der Waals surface area contributed by atoms with E-state index in [2.05, 4.69) is 5.32 Å². The van der Waals surface area contributed by atoms with Gasteiger partial charge in [0, 0.05) is 19.0 Å². The molecule has 0 saturated heterocycles. The number of carbonyl (C=O) groups excluding carboxylic acids is 3. The Morgan fingerprint density at radius 3 is 2.36 bits per heavy atom. The molecule has 25 heavy (non-hydrogen) atoms. The van der Waals surface area contributed by atoms with Crippen molar-refractivity contribution in [2.24, 2.45) is 0 Å². The lowest BCUT2D eigenvalue weighted by Gasteiger charge is -2.07. The number of carbonyl (C=O) groups is 3. The highest BCUT2D eigenvalue weighted by molar-refractivity contribution is 5.99. The Bertz CT molecular complexity index is 768. The van der Waals surface area contributed by atoms with Crippen LogP contribution < -0.4 is 10.1 Å². The summed E-state index contributed by atoms with van der Waals surface area (Å²) in [4.78, 5) is 35.0. The fourth-order valence-electron chi connectivity index (χ4n) is 2.08. The van der Waals surface area contributed by atoms with Crippen molar-refractivity contribution in [1.29, 1.82) is 0 Å². The minimum absolute atomic E-state index is 0.125. The van der Waals surface area contributed by atoms with E-state index in [0.29, 0.717) is 23.4 Å². The second kappa shape index (κ2) is 8.63. The van der Waals surface area contributed by atoms with Crippen LogP contribution in [0.15, 0.2) is 48.5 Å². The summed E-state index contributed by atoms with van der Waals surface area (Å²) in [7, 11) is 1.51. The first-order chi connectivity index (χ1) is 12.0. The van der Waals surface area contributed by atoms with E-state index in [4.69, 9.17) is 9.47 Å². The molecule has 6 heteroatoms. The van der Waals surface area contributed by atoms with Gasteiger partial charge in [0.05, 0.1) is 12.7 Å². The molecular weight excluding hydrogens is 322 g/mol. The summed E-state index contributed by atoms with van der Waals surface area (Å²) in [6.07, 6.45) is 0. The fourth-order valence-corrected chi connectivity index (χ4v) is 2.08. The summed E-state index contributed by atoms with van der Waals surface area (Å²) in [6, 6.07) is 13.3. The van der Waals surface area contributed by atoms with Crippen LogP contribution in [-0.4, -0.2) is 31.4 Å². The van der Waals surface area contributed by atoms with Gasteiger partial charge >= 0.3 is 5.97 Å². The summed E-state index contributed by atoms with van der Waals surface area (Å²) in [5.41, 5.74) is 1.61. The molecule has 0 spiro atoms. The molecule has 0 aliphatic heterocycles. The number of methoxy groups -OCH3 is 1. The van der Waals surface area contributed by atoms with E-state index in [1.807, 2.05) is 0 Å². The quantitative estimate of drug-likeness (QED) is 0.618. The normalized spacial score (nSPS) is 10.0. The second-order valence-electron chi connectivity index (χ2n) is 5.34. The molecule has 0 radical (unpaired) electrons. The standard InChI is InChI=1S/C19H19NO5/c1-13(21)20-11-14-6-8-15(9-7-14)19(23)25-12-18(22)16-4-3-5-17(10-16)24-2/h3-10H,11-12H2,1-2H3,(H,20,21). The molecule has 0 atom stereocenters. The first kappa shape index (κ1) is 18.2. The number of esters is 1. The number of rotatable bonds is 7. The molecule has 2 rings (SSSR count). The van der Waals surface area contributed by atoms with Crippen LogP contribution in [0.4, 0.5) is 0 Å². The molecule has 2 aromatic carbocycles.